The number of hydrogen-bond acceptors (Lipinski definition) is 0. The molecule has 0 amide bonds. The van der Waals surface area contributed by atoms with Crippen LogP contribution in [0.15, 0.2) is 42.5 Å². The highest BCUT2D eigenvalue weighted by atomic mass is 35.5. The molecule has 0 radical (unpaired) electrons. The van der Waals surface area contributed by atoms with Crippen LogP contribution in [0.3, 0.4) is 0 Å². The lowest BCUT2D eigenvalue weighted by Crippen LogP contribution is -2.03. The lowest BCUT2D eigenvalue weighted by atomic mass is 10.1. The van der Waals surface area contributed by atoms with Gasteiger partial charge in [0, 0.05) is 5.56 Å². The second kappa shape index (κ2) is 3.21. The quantitative estimate of drug-likeness (QED) is 0.624. The van der Waals surface area contributed by atoms with Crippen LogP contribution in [0.5, 0.6) is 0 Å². The molecule has 0 aliphatic carbocycles. The highest BCUT2D eigenvalue weighted by molar-refractivity contribution is 6.22. The van der Waals surface area contributed by atoms with Crippen molar-refractivity contribution in [1.82, 2.24) is 0 Å². The van der Waals surface area contributed by atoms with Crippen LogP contribution in [0.2, 0.25) is 0 Å². The van der Waals surface area contributed by atoms with Gasteiger partial charge in [-0.1, -0.05) is 42.5 Å². The van der Waals surface area contributed by atoms with E-state index in [2.05, 4.69) is 0 Å². The van der Waals surface area contributed by atoms with Crippen molar-refractivity contribution in [3.63, 3.8) is 0 Å². The third-order valence-electron chi connectivity index (χ3n) is 2.10. The van der Waals surface area contributed by atoms with Gasteiger partial charge in [-0.15, -0.1) is 0 Å². The Balaban J connectivity index is 2.78. The first-order valence-corrected chi connectivity index (χ1v) is 4.52. The van der Waals surface area contributed by atoms with Crippen LogP contribution in [-0.4, -0.2) is 0 Å². The van der Waals surface area contributed by atoms with E-state index in [9.17, 15) is 8.78 Å². The molecule has 2 rings (SSSR count). The second-order valence-electron chi connectivity index (χ2n) is 3.02. The smallest absolute Gasteiger partial charge is 0.183 e. The molecule has 0 saturated carbocycles. The van der Waals surface area contributed by atoms with E-state index in [0.29, 0.717) is 5.39 Å². The maximum atomic E-state index is 12.9. The summed E-state index contributed by atoms with van der Waals surface area (Å²) in [6.07, 6.45) is 0. The van der Waals surface area contributed by atoms with Crippen molar-refractivity contribution >= 4 is 22.4 Å². The minimum atomic E-state index is -3.30. The van der Waals surface area contributed by atoms with Crippen molar-refractivity contribution in [1.29, 1.82) is 0 Å². The van der Waals surface area contributed by atoms with Gasteiger partial charge in [0.1, 0.15) is 0 Å². The number of fused-ring (bicyclic) bond motifs is 1. The maximum Gasteiger partial charge on any atom is 0.348 e. The van der Waals surface area contributed by atoms with E-state index >= 15 is 0 Å². The SMILES string of the molecule is FC(F)(Cl)c1cccc2ccccc12. The molecular weight excluding hydrogens is 206 g/mol. The number of benzene rings is 2. The zero-order valence-corrected chi connectivity index (χ0v) is 7.93. The maximum absolute atomic E-state index is 12.9. The third kappa shape index (κ3) is 1.58. The van der Waals surface area contributed by atoms with Crippen LogP contribution in [0.4, 0.5) is 8.78 Å². The average molecular weight is 213 g/mol. The highest BCUT2D eigenvalue weighted by Gasteiger charge is 2.29. The molecule has 0 spiro atoms. The molecule has 0 aliphatic heterocycles. The fraction of sp³-hybridized carbons (Fsp3) is 0.0909. The first-order chi connectivity index (χ1) is 6.59. The first kappa shape index (κ1) is 9.41. The summed E-state index contributed by atoms with van der Waals surface area (Å²) in [5, 5.41) is -2.04. The Kier molecular flexibility index (Phi) is 2.16. The minimum absolute atomic E-state index is 0.141. The van der Waals surface area contributed by atoms with Crippen LogP contribution in [-0.2, 0) is 5.38 Å². The second-order valence-corrected chi connectivity index (χ2v) is 3.50. The lowest BCUT2D eigenvalue weighted by molar-refractivity contribution is 0.0968. The molecule has 0 aliphatic rings. The molecule has 0 unspecified atom stereocenters. The zero-order valence-electron chi connectivity index (χ0n) is 7.18. The fourth-order valence-corrected chi connectivity index (χ4v) is 1.64. The molecule has 2 aromatic carbocycles. The van der Waals surface area contributed by atoms with Crippen molar-refractivity contribution in [2.45, 2.75) is 5.38 Å². The number of halogens is 3. The van der Waals surface area contributed by atoms with Gasteiger partial charge in [-0.25, -0.2) is 0 Å². The van der Waals surface area contributed by atoms with Gasteiger partial charge in [0.2, 0.25) is 0 Å². The molecule has 0 heterocycles. The van der Waals surface area contributed by atoms with Gasteiger partial charge in [-0.3, -0.25) is 0 Å². The molecule has 14 heavy (non-hydrogen) atoms. The number of rotatable bonds is 1. The molecule has 0 aromatic heterocycles. The summed E-state index contributed by atoms with van der Waals surface area (Å²) < 4.78 is 25.9. The average Bonchev–Trinajstić information content (AvgIpc) is 2.15. The molecule has 3 heteroatoms. The van der Waals surface area contributed by atoms with Crippen molar-refractivity contribution in [3.05, 3.63) is 48.0 Å². The number of hydrogen-bond donors (Lipinski definition) is 0. The van der Waals surface area contributed by atoms with Crippen LogP contribution in [0.1, 0.15) is 5.56 Å². The Bertz CT molecular complexity index is 455. The summed E-state index contributed by atoms with van der Waals surface area (Å²) in [6, 6.07) is 11.6. The van der Waals surface area contributed by atoms with Gasteiger partial charge in [0.25, 0.3) is 0 Å². The normalized spacial score (nSPS) is 11.9. The summed E-state index contributed by atoms with van der Waals surface area (Å²) in [7, 11) is 0. The van der Waals surface area contributed by atoms with Crippen LogP contribution in [0.25, 0.3) is 10.8 Å². The Morgan fingerprint density at radius 2 is 1.57 bits per heavy atom. The monoisotopic (exact) mass is 212 g/mol. The zero-order chi connectivity index (χ0) is 10.2. The molecule has 2 aromatic rings. The van der Waals surface area contributed by atoms with E-state index in [1.807, 2.05) is 0 Å². The predicted molar refractivity (Wildman–Crippen MR) is 53.7 cm³/mol. The van der Waals surface area contributed by atoms with Crippen molar-refractivity contribution in [2.75, 3.05) is 0 Å². The van der Waals surface area contributed by atoms with E-state index in [-0.39, 0.29) is 5.56 Å². The highest BCUT2D eigenvalue weighted by Crippen LogP contribution is 2.36. The third-order valence-corrected chi connectivity index (χ3v) is 2.30. The van der Waals surface area contributed by atoms with E-state index in [1.54, 1.807) is 36.4 Å². The predicted octanol–water partition coefficient (Wildman–Crippen LogP) is 4.13. The summed E-state index contributed by atoms with van der Waals surface area (Å²) in [5.41, 5.74) is -0.141. The van der Waals surface area contributed by atoms with Gasteiger partial charge < -0.3 is 0 Å². The molecule has 0 atom stereocenters. The lowest BCUT2D eigenvalue weighted by Gasteiger charge is -2.10. The van der Waals surface area contributed by atoms with Crippen molar-refractivity contribution in [3.8, 4) is 0 Å². The molecule has 0 fully saturated rings. The standard InChI is InChI=1S/C11H7ClF2/c12-11(13,14)10-7-3-5-8-4-1-2-6-9(8)10/h1-7H. The number of alkyl halides is 3. The van der Waals surface area contributed by atoms with Gasteiger partial charge in [-0.05, 0) is 22.4 Å². The van der Waals surface area contributed by atoms with Crippen LogP contribution >= 0.6 is 11.6 Å². The molecule has 0 nitrogen and oxygen atoms in total. The first-order valence-electron chi connectivity index (χ1n) is 4.14. The van der Waals surface area contributed by atoms with Gasteiger partial charge in [0.15, 0.2) is 0 Å². The Hall–Kier alpha value is -1.15. The fourth-order valence-electron chi connectivity index (χ4n) is 1.47. The van der Waals surface area contributed by atoms with Crippen molar-refractivity contribution in [2.24, 2.45) is 0 Å². The summed E-state index contributed by atoms with van der Waals surface area (Å²) in [4.78, 5) is 0. The molecular formula is C11H7ClF2. The Morgan fingerprint density at radius 3 is 2.29 bits per heavy atom. The topological polar surface area (TPSA) is 0 Å². The van der Waals surface area contributed by atoms with E-state index in [4.69, 9.17) is 11.6 Å². The molecule has 0 bridgehead atoms. The molecule has 0 N–H and O–H groups in total. The van der Waals surface area contributed by atoms with Gasteiger partial charge in [-0.2, -0.15) is 8.78 Å². The molecule has 0 saturated heterocycles. The Morgan fingerprint density at radius 1 is 0.929 bits per heavy atom. The van der Waals surface area contributed by atoms with Crippen LogP contribution < -0.4 is 0 Å². The summed E-state index contributed by atoms with van der Waals surface area (Å²) >= 11 is 5.00. The molecule has 72 valence electrons. The van der Waals surface area contributed by atoms with E-state index in [0.717, 1.165) is 5.39 Å². The largest absolute Gasteiger partial charge is 0.348 e. The summed E-state index contributed by atoms with van der Waals surface area (Å²) in [5.74, 6) is 0. The Labute approximate surface area is 85.1 Å². The van der Waals surface area contributed by atoms with Gasteiger partial charge in [0.05, 0.1) is 0 Å². The summed E-state index contributed by atoms with van der Waals surface area (Å²) in [6.45, 7) is 0. The minimum Gasteiger partial charge on any atom is -0.183 e. The van der Waals surface area contributed by atoms with E-state index in [1.165, 1.54) is 6.07 Å². The van der Waals surface area contributed by atoms with Crippen molar-refractivity contribution < 1.29 is 8.78 Å². The van der Waals surface area contributed by atoms with E-state index < -0.39 is 5.38 Å². The van der Waals surface area contributed by atoms with Crippen LogP contribution in [0, 0.1) is 0 Å². The van der Waals surface area contributed by atoms with Gasteiger partial charge >= 0.3 is 5.38 Å².